The van der Waals surface area contributed by atoms with Crippen LogP contribution in [0.2, 0.25) is 5.02 Å². The molecule has 3 N–H and O–H groups in total. The Morgan fingerprint density at radius 3 is 2.67 bits per heavy atom. The summed E-state index contributed by atoms with van der Waals surface area (Å²) < 4.78 is 13.0. The van der Waals surface area contributed by atoms with Crippen molar-refractivity contribution < 1.29 is 14.3 Å². The van der Waals surface area contributed by atoms with E-state index in [1.165, 1.54) is 48.7 Å². The molecule has 7 nitrogen and oxygen atoms in total. The number of amides is 1. The van der Waals surface area contributed by atoms with E-state index in [4.69, 9.17) is 11.6 Å². The quantitative estimate of drug-likeness (QED) is 0.473. The van der Waals surface area contributed by atoms with E-state index in [0.29, 0.717) is 11.1 Å². The van der Waals surface area contributed by atoms with Crippen LogP contribution in [0.1, 0.15) is 16.1 Å². The van der Waals surface area contributed by atoms with Gasteiger partial charge in [0.1, 0.15) is 17.3 Å². The molecule has 0 aliphatic carbocycles. The number of phenols is 1. The Bertz CT molecular complexity index is 1080. The molecule has 2 aromatic carbocycles. The molecule has 9 heteroatoms. The largest absolute Gasteiger partial charge is 0.506 e. The molecule has 0 unspecified atom stereocenters. The topological polar surface area (TPSA) is 107 Å². The molecule has 1 aromatic heterocycles. The molecular weight excluding hydrogens is 375 g/mol. The molecule has 0 saturated carbocycles. The van der Waals surface area contributed by atoms with Gasteiger partial charge in [-0.15, -0.1) is 0 Å². The summed E-state index contributed by atoms with van der Waals surface area (Å²) in [5.74, 6) is -1.16. The summed E-state index contributed by atoms with van der Waals surface area (Å²) in [6, 6.07) is 11.1. The first-order chi connectivity index (χ1) is 12.9. The standard InChI is InChI=1S/C18H12ClFN4O3/c19-13-7-10(1-6-16(13)25)9-21-24-17(26)15-8-14(22-18(27)23-15)11-2-4-12(20)5-3-11/h1-9,25H,(H,24,26)(H,22,23,27)/b21-9+. The van der Waals surface area contributed by atoms with Crippen molar-refractivity contribution in [1.82, 2.24) is 15.4 Å². The lowest BCUT2D eigenvalue weighted by atomic mass is 10.1. The summed E-state index contributed by atoms with van der Waals surface area (Å²) in [5, 5.41) is 13.3. The van der Waals surface area contributed by atoms with Gasteiger partial charge in [0.2, 0.25) is 0 Å². The third-order valence-corrected chi connectivity index (χ3v) is 3.78. The zero-order chi connectivity index (χ0) is 19.4. The van der Waals surface area contributed by atoms with Crippen LogP contribution in [0.3, 0.4) is 0 Å². The van der Waals surface area contributed by atoms with Gasteiger partial charge in [0, 0.05) is 5.56 Å². The van der Waals surface area contributed by atoms with E-state index in [9.17, 15) is 19.1 Å². The van der Waals surface area contributed by atoms with Crippen LogP contribution in [0.15, 0.2) is 58.4 Å². The third-order valence-electron chi connectivity index (χ3n) is 3.48. The summed E-state index contributed by atoms with van der Waals surface area (Å²) in [5.41, 5.74) is 2.73. The Kier molecular flexibility index (Phi) is 5.28. The molecule has 3 aromatic rings. The van der Waals surface area contributed by atoms with Gasteiger partial charge in [-0.25, -0.2) is 14.6 Å². The molecule has 0 saturated heterocycles. The van der Waals surface area contributed by atoms with Crippen LogP contribution in [0.4, 0.5) is 4.39 Å². The highest BCUT2D eigenvalue weighted by molar-refractivity contribution is 6.32. The maximum Gasteiger partial charge on any atom is 0.346 e. The minimum atomic E-state index is -0.726. The van der Waals surface area contributed by atoms with Gasteiger partial charge in [-0.2, -0.15) is 10.1 Å². The normalized spacial score (nSPS) is 10.9. The van der Waals surface area contributed by atoms with E-state index in [1.54, 1.807) is 6.07 Å². The second-order valence-electron chi connectivity index (χ2n) is 5.40. The van der Waals surface area contributed by atoms with Gasteiger partial charge in [-0.3, -0.25) is 4.79 Å². The van der Waals surface area contributed by atoms with Crippen molar-refractivity contribution >= 4 is 23.7 Å². The smallest absolute Gasteiger partial charge is 0.346 e. The number of hydrogen-bond acceptors (Lipinski definition) is 5. The fourth-order valence-corrected chi connectivity index (χ4v) is 2.37. The summed E-state index contributed by atoms with van der Waals surface area (Å²) in [6.45, 7) is 0. The SMILES string of the molecule is O=C(N/N=C/c1ccc(O)c(Cl)c1)c1cc(-c2ccc(F)cc2)nc(=O)[nH]1. The number of nitrogens with one attached hydrogen (secondary N) is 2. The van der Waals surface area contributed by atoms with Crippen molar-refractivity contribution in [3.63, 3.8) is 0 Å². The van der Waals surface area contributed by atoms with Crippen LogP contribution < -0.4 is 11.1 Å². The summed E-state index contributed by atoms with van der Waals surface area (Å²) in [4.78, 5) is 30.0. The molecule has 0 fully saturated rings. The number of carbonyl (C=O) groups excluding carboxylic acids is 1. The highest BCUT2D eigenvalue weighted by Gasteiger charge is 2.10. The van der Waals surface area contributed by atoms with E-state index in [0.717, 1.165) is 0 Å². The molecule has 0 spiro atoms. The average Bonchev–Trinajstić information content (AvgIpc) is 2.64. The van der Waals surface area contributed by atoms with E-state index in [2.05, 4.69) is 20.5 Å². The van der Waals surface area contributed by atoms with Gasteiger partial charge < -0.3 is 10.1 Å². The van der Waals surface area contributed by atoms with E-state index in [1.807, 2.05) is 0 Å². The van der Waals surface area contributed by atoms with E-state index < -0.39 is 17.4 Å². The van der Waals surface area contributed by atoms with Crippen LogP contribution >= 0.6 is 11.6 Å². The second-order valence-corrected chi connectivity index (χ2v) is 5.81. The van der Waals surface area contributed by atoms with Crippen molar-refractivity contribution in [2.24, 2.45) is 5.10 Å². The summed E-state index contributed by atoms with van der Waals surface area (Å²) in [6.07, 6.45) is 1.32. The van der Waals surface area contributed by atoms with E-state index in [-0.39, 0.29) is 22.2 Å². The molecule has 136 valence electrons. The highest BCUT2D eigenvalue weighted by Crippen LogP contribution is 2.22. The van der Waals surface area contributed by atoms with Crippen molar-refractivity contribution in [3.05, 3.63) is 81.1 Å². The molecule has 1 heterocycles. The first kappa shape index (κ1) is 18.3. The number of phenolic OH excluding ortho intramolecular Hbond substituents is 1. The van der Waals surface area contributed by atoms with Gasteiger partial charge in [0.05, 0.1) is 16.9 Å². The lowest BCUT2D eigenvalue weighted by molar-refractivity contribution is 0.0949. The third kappa shape index (κ3) is 4.56. The number of nitrogens with zero attached hydrogens (tertiary/aromatic N) is 2. The van der Waals surface area contributed by atoms with Gasteiger partial charge in [-0.1, -0.05) is 11.6 Å². The number of carbonyl (C=O) groups is 1. The molecule has 3 rings (SSSR count). The fraction of sp³-hybridized carbons (Fsp3) is 0. The number of rotatable bonds is 4. The molecule has 0 atom stereocenters. The molecule has 0 aliphatic rings. The second kappa shape index (κ2) is 7.79. The summed E-state index contributed by atoms with van der Waals surface area (Å²) in [7, 11) is 0. The monoisotopic (exact) mass is 386 g/mol. The minimum Gasteiger partial charge on any atom is -0.506 e. The predicted octanol–water partition coefficient (Wildman–Crippen LogP) is 2.70. The van der Waals surface area contributed by atoms with Gasteiger partial charge in [-0.05, 0) is 54.1 Å². The number of hydrogen-bond donors (Lipinski definition) is 3. The summed E-state index contributed by atoms with van der Waals surface area (Å²) >= 11 is 5.78. The van der Waals surface area contributed by atoms with Crippen molar-refractivity contribution in [1.29, 1.82) is 0 Å². The molecule has 0 bridgehead atoms. The maximum atomic E-state index is 13.0. The number of benzene rings is 2. The van der Waals surface area contributed by atoms with Crippen LogP contribution in [0.5, 0.6) is 5.75 Å². The average molecular weight is 387 g/mol. The first-order valence-electron chi connectivity index (χ1n) is 7.61. The minimum absolute atomic E-state index is 0.0600. The number of aromatic nitrogens is 2. The number of halogens is 2. The lowest BCUT2D eigenvalue weighted by Crippen LogP contribution is -2.24. The molecule has 1 amide bonds. The van der Waals surface area contributed by atoms with Crippen molar-refractivity contribution in [3.8, 4) is 17.0 Å². The number of H-pyrrole nitrogens is 1. The zero-order valence-corrected chi connectivity index (χ0v) is 14.4. The Morgan fingerprint density at radius 1 is 1.22 bits per heavy atom. The Hall–Kier alpha value is -3.52. The van der Waals surface area contributed by atoms with Crippen LogP contribution in [0, 0.1) is 5.82 Å². The Balaban J connectivity index is 1.78. The highest BCUT2D eigenvalue weighted by atomic mass is 35.5. The zero-order valence-electron chi connectivity index (χ0n) is 13.6. The number of hydrazone groups is 1. The molecule has 0 aliphatic heterocycles. The lowest BCUT2D eigenvalue weighted by Gasteiger charge is -2.04. The molecule has 27 heavy (non-hydrogen) atoms. The molecular formula is C18H12ClFN4O3. The van der Waals surface area contributed by atoms with E-state index >= 15 is 0 Å². The van der Waals surface area contributed by atoms with Crippen LogP contribution in [-0.2, 0) is 0 Å². The van der Waals surface area contributed by atoms with Crippen LogP contribution in [-0.4, -0.2) is 27.2 Å². The molecule has 0 radical (unpaired) electrons. The van der Waals surface area contributed by atoms with Crippen LogP contribution in [0.25, 0.3) is 11.3 Å². The first-order valence-corrected chi connectivity index (χ1v) is 7.99. The predicted molar refractivity (Wildman–Crippen MR) is 98.4 cm³/mol. The van der Waals surface area contributed by atoms with Gasteiger partial charge >= 0.3 is 5.69 Å². The van der Waals surface area contributed by atoms with Gasteiger partial charge in [0.25, 0.3) is 5.91 Å². The number of aromatic amines is 1. The fourth-order valence-electron chi connectivity index (χ4n) is 2.18. The number of aromatic hydroxyl groups is 1. The van der Waals surface area contributed by atoms with Gasteiger partial charge in [0.15, 0.2) is 0 Å². The Morgan fingerprint density at radius 2 is 1.96 bits per heavy atom. The Labute approximate surface area is 157 Å². The maximum absolute atomic E-state index is 13.0. The van der Waals surface area contributed by atoms with Crippen molar-refractivity contribution in [2.75, 3.05) is 0 Å². The van der Waals surface area contributed by atoms with Crippen molar-refractivity contribution in [2.45, 2.75) is 0 Å².